The first kappa shape index (κ1) is 26.7. The fourth-order valence-corrected chi connectivity index (χ4v) is 5.23. The van der Waals surface area contributed by atoms with Crippen molar-refractivity contribution in [2.24, 2.45) is 0 Å². The zero-order valence-corrected chi connectivity index (χ0v) is 23.2. The zero-order chi connectivity index (χ0) is 27.0. The van der Waals surface area contributed by atoms with Crippen LogP contribution in [-0.2, 0) is 27.5 Å². The Labute approximate surface area is 226 Å². The molecule has 0 spiro atoms. The summed E-state index contributed by atoms with van der Waals surface area (Å²) in [5.41, 5.74) is 4.11. The molecule has 0 bridgehead atoms. The number of benzene rings is 1. The van der Waals surface area contributed by atoms with Gasteiger partial charge in [0.2, 0.25) is 0 Å². The third-order valence-corrected chi connectivity index (χ3v) is 8.50. The van der Waals surface area contributed by atoms with Crippen LogP contribution in [0.2, 0.25) is 0 Å². The Morgan fingerprint density at radius 2 is 1.92 bits per heavy atom. The van der Waals surface area contributed by atoms with E-state index in [1.54, 1.807) is 0 Å². The molecule has 3 aromatic rings. The minimum absolute atomic E-state index is 0.0364. The van der Waals surface area contributed by atoms with Crippen LogP contribution in [0.15, 0.2) is 48.8 Å². The highest BCUT2D eigenvalue weighted by Crippen LogP contribution is 2.42. The summed E-state index contributed by atoms with van der Waals surface area (Å²) in [6, 6.07) is 11.2. The van der Waals surface area contributed by atoms with Gasteiger partial charge in [-0.25, -0.2) is 9.78 Å². The first-order valence-electron chi connectivity index (χ1n) is 13.1. The lowest BCUT2D eigenvalue weighted by Crippen LogP contribution is -2.40. The number of nitrogens with zero attached hydrogens (tertiary/aromatic N) is 4. The van der Waals surface area contributed by atoms with Crippen molar-refractivity contribution >= 4 is 34.6 Å². The predicted molar refractivity (Wildman–Crippen MR) is 147 cm³/mol. The van der Waals surface area contributed by atoms with Gasteiger partial charge in [0.15, 0.2) is 5.65 Å². The molecule has 38 heavy (non-hydrogen) atoms. The third-order valence-electron chi connectivity index (χ3n) is 6.82. The molecule has 1 aromatic carbocycles. The molecule has 3 amide bonds. The number of nitrogens with one attached hydrogen (secondary N) is 1. The van der Waals surface area contributed by atoms with Gasteiger partial charge < -0.3 is 13.7 Å². The minimum atomic E-state index is -1.26. The number of aromatic nitrogens is 2. The standard InChI is InChI=1S/C28H35N5O4S/c1-19(30-38(36)28(2,3)4)23-16-31-15-22(21-10-11-21)14-24(26(31)29-23)33-17-25(34)32(27(33)35)12-13-37-18-20-8-6-5-7-9-20/h5-9,14-16,19,21,30H,10-13,17-18H2,1-4H3. The maximum atomic E-state index is 13.4. The molecule has 0 radical (unpaired) electrons. The average Bonchev–Trinajstić information content (AvgIpc) is 3.58. The van der Waals surface area contributed by atoms with E-state index in [0.717, 1.165) is 29.7 Å². The summed E-state index contributed by atoms with van der Waals surface area (Å²) < 4.78 is 23.0. The fraction of sp³-hybridized carbons (Fsp3) is 0.464. The van der Waals surface area contributed by atoms with E-state index in [9.17, 15) is 14.1 Å². The Morgan fingerprint density at radius 3 is 2.61 bits per heavy atom. The zero-order valence-electron chi connectivity index (χ0n) is 22.3. The Balaban J connectivity index is 1.35. The summed E-state index contributed by atoms with van der Waals surface area (Å²) in [6.07, 6.45) is 6.18. The summed E-state index contributed by atoms with van der Waals surface area (Å²) in [5.74, 6) is 0.194. The van der Waals surface area contributed by atoms with Crippen LogP contribution >= 0.6 is 0 Å². The molecular weight excluding hydrogens is 502 g/mol. The van der Waals surface area contributed by atoms with Crippen LogP contribution in [-0.4, -0.2) is 55.2 Å². The van der Waals surface area contributed by atoms with Gasteiger partial charge in [-0.3, -0.25) is 14.6 Å². The molecule has 1 aliphatic carbocycles. The maximum Gasteiger partial charge on any atom is 0.331 e. The second kappa shape index (κ2) is 10.7. The molecule has 2 atom stereocenters. The van der Waals surface area contributed by atoms with Crippen molar-refractivity contribution < 1.29 is 18.9 Å². The van der Waals surface area contributed by atoms with E-state index in [1.165, 1.54) is 9.80 Å². The third kappa shape index (κ3) is 5.73. The molecule has 2 aliphatic rings. The van der Waals surface area contributed by atoms with Gasteiger partial charge >= 0.3 is 6.03 Å². The van der Waals surface area contributed by atoms with Gasteiger partial charge in [-0.1, -0.05) is 30.3 Å². The van der Waals surface area contributed by atoms with E-state index in [1.807, 2.05) is 74.7 Å². The molecule has 5 rings (SSSR count). The van der Waals surface area contributed by atoms with Crippen LogP contribution < -0.4 is 9.62 Å². The Bertz CT molecular complexity index is 1320. The smallest absolute Gasteiger partial charge is 0.331 e. The Hall–Kier alpha value is -2.92. The highest BCUT2D eigenvalue weighted by Gasteiger charge is 2.39. The quantitative estimate of drug-likeness (QED) is 0.235. The number of carbonyl (C=O) groups excluding carboxylic acids is 2. The number of amides is 3. The van der Waals surface area contributed by atoms with Crippen LogP contribution in [0.5, 0.6) is 0 Å². The Kier molecular flexibility index (Phi) is 7.50. The molecule has 1 N–H and O–H groups in total. The van der Waals surface area contributed by atoms with Crippen LogP contribution in [0, 0.1) is 0 Å². The lowest BCUT2D eigenvalue weighted by Gasteiger charge is -2.25. The fourth-order valence-electron chi connectivity index (χ4n) is 4.43. The number of carbonyl (C=O) groups is 2. The molecule has 10 heteroatoms. The SMILES string of the molecule is CC(N[S+]([O-])C(C)(C)C)c1cn2cc(C3CC3)cc(N3CC(=O)N(CCOCc4ccccc4)C3=O)c2n1. The van der Waals surface area contributed by atoms with Crippen LogP contribution in [0.3, 0.4) is 0 Å². The largest absolute Gasteiger partial charge is 0.598 e. The van der Waals surface area contributed by atoms with Crippen molar-refractivity contribution in [3.8, 4) is 0 Å². The van der Waals surface area contributed by atoms with Gasteiger partial charge in [-0.2, -0.15) is 0 Å². The topological polar surface area (TPSA) is 102 Å². The lowest BCUT2D eigenvalue weighted by molar-refractivity contribution is -0.125. The molecule has 2 unspecified atom stereocenters. The van der Waals surface area contributed by atoms with Crippen molar-refractivity contribution in [1.29, 1.82) is 0 Å². The first-order chi connectivity index (χ1) is 18.1. The van der Waals surface area contributed by atoms with E-state index in [2.05, 4.69) is 10.9 Å². The summed E-state index contributed by atoms with van der Waals surface area (Å²) in [4.78, 5) is 33.9. The summed E-state index contributed by atoms with van der Waals surface area (Å²) in [6.45, 7) is 8.52. The molecule has 9 nitrogen and oxygen atoms in total. The number of rotatable bonds is 10. The average molecular weight is 538 g/mol. The van der Waals surface area contributed by atoms with Crippen molar-refractivity contribution in [1.82, 2.24) is 19.0 Å². The molecule has 1 saturated heterocycles. The number of imide groups is 1. The van der Waals surface area contributed by atoms with Crippen LogP contribution in [0.25, 0.3) is 5.65 Å². The molecule has 3 heterocycles. The van der Waals surface area contributed by atoms with E-state index in [4.69, 9.17) is 9.72 Å². The van der Waals surface area contributed by atoms with Crippen molar-refractivity contribution in [2.45, 2.75) is 63.9 Å². The number of ether oxygens (including phenoxy) is 1. The number of pyridine rings is 1. The molecular formula is C28H35N5O4S. The van der Waals surface area contributed by atoms with Crippen molar-refractivity contribution in [3.63, 3.8) is 0 Å². The van der Waals surface area contributed by atoms with Gasteiger partial charge in [0.1, 0.15) is 11.3 Å². The highest BCUT2D eigenvalue weighted by molar-refractivity contribution is 7.90. The molecule has 2 aromatic heterocycles. The predicted octanol–water partition coefficient (Wildman–Crippen LogP) is 4.31. The maximum absolute atomic E-state index is 13.4. The first-order valence-corrected chi connectivity index (χ1v) is 14.2. The monoisotopic (exact) mass is 537 g/mol. The number of hydrogen-bond donors (Lipinski definition) is 1. The second-order valence-corrected chi connectivity index (χ2v) is 13.0. The summed E-state index contributed by atoms with van der Waals surface area (Å²) in [5, 5.41) is 0. The minimum Gasteiger partial charge on any atom is -0.598 e. The molecule has 1 saturated carbocycles. The molecule has 2 fully saturated rings. The molecule has 202 valence electrons. The van der Waals surface area contributed by atoms with Crippen molar-refractivity contribution in [3.05, 3.63) is 65.6 Å². The van der Waals surface area contributed by atoms with Crippen molar-refractivity contribution in [2.75, 3.05) is 24.6 Å². The van der Waals surface area contributed by atoms with E-state index in [-0.39, 0.29) is 37.7 Å². The van der Waals surface area contributed by atoms with Gasteiger partial charge in [-0.15, -0.1) is 4.72 Å². The number of fused-ring (bicyclic) bond motifs is 1. The number of hydrogen-bond acceptors (Lipinski definition) is 6. The van der Waals surface area contributed by atoms with Gasteiger partial charge in [-0.05, 0) is 63.6 Å². The van der Waals surface area contributed by atoms with E-state index < -0.39 is 16.1 Å². The van der Waals surface area contributed by atoms with Crippen LogP contribution in [0.1, 0.15) is 69.3 Å². The molecule has 1 aliphatic heterocycles. The van der Waals surface area contributed by atoms with Gasteiger partial charge in [0.25, 0.3) is 5.91 Å². The van der Waals surface area contributed by atoms with Gasteiger partial charge in [0.05, 0.1) is 37.2 Å². The number of anilines is 1. The second-order valence-electron chi connectivity index (χ2n) is 11.0. The van der Waals surface area contributed by atoms with Crippen LogP contribution in [0.4, 0.5) is 10.5 Å². The van der Waals surface area contributed by atoms with E-state index >= 15 is 0 Å². The Morgan fingerprint density at radius 1 is 1.18 bits per heavy atom. The summed E-state index contributed by atoms with van der Waals surface area (Å²) >= 11 is -1.26. The van der Waals surface area contributed by atoms with Gasteiger partial charge in [0, 0.05) is 23.8 Å². The number of urea groups is 1. The normalized spacial score (nSPS) is 18.0. The lowest BCUT2D eigenvalue weighted by atomic mass is 10.1. The highest BCUT2D eigenvalue weighted by atomic mass is 32.2. The number of imidazole rings is 1. The summed E-state index contributed by atoms with van der Waals surface area (Å²) in [7, 11) is 0. The van der Waals surface area contributed by atoms with E-state index in [0.29, 0.717) is 23.9 Å².